The zero-order valence-corrected chi connectivity index (χ0v) is 16.1. The van der Waals surface area contributed by atoms with Crippen LogP contribution in [0.2, 0.25) is 10.0 Å². The van der Waals surface area contributed by atoms with Crippen molar-refractivity contribution >= 4 is 40.8 Å². The quantitative estimate of drug-likeness (QED) is 0.333. The maximum absolute atomic E-state index is 12.2. The zero-order chi connectivity index (χ0) is 18.9. The Morgan fingerprint density at radius 1 is 0.962 bits per heavy atom. The summed E-state index contributed by atoms with van der Waals surface area (Å²) in [4.78, 5) is 24.0. The van der Waals surface area contributed by atoms with Gasteiger partial charge in [0.15, 0.2) is 0 Å². The number of carbonyl (C=O) groups excluding carboxylic acids is 2. The van der Waals surface area contributed by atoms with E-state index in [2.05, 4.69) is 12.2 Å². The normalized spacial score (nSPS) is 10.4. The van der Waals surface area contributed by atoms with Crippen molar-refractivity contribution in [3.8, 4) is 5.75 Å². The fourth-order valence-corrected chi connectivity index (χ4v) is 2.88. The van der Waals surface area contributed by atoms with Gasteiger partial charge in [0.2, 0.25) is 5.91 Å². The van der Waals surface area contributed by atoms with Crippen molar-refractivity contribution in [3.63, 3.8) is 0 Å². The van der Waals surface area contributed by atoms with Gasteiger partial charge in [-0.2, -0.15) is 0 Å². The summed E-state index contributed by atoms with van der Waals surface area (Å²) in [6.07, 6.45) is 4.72. The summed E-state index contributed by atoms with van der Waals surface area (Å²) in [6, 6.07) is 11.1. The van der Waals surface area contributed by atoms with Gasteiger partial charge in [0.1, 0.15) is 5.75 Å². The molecular formula is C20H21Cl2NO3. The second kappa shape index (κ2) is 10.2. The molecule has 2 aromatic carbocycles. The van der Waals surface area contributed by atoms with Gasteiger partial charge in [-0.1, -0.05) is 49.4 Å². The van der Waals surface area contributed by atoms with Gasteiger partial charge in [-0.05, 0) is 48.9 Å². The lowest BCUT2D eigenvalue weighted by Crippen LogP contribution is -2.12. The van der Waals surface area contributed by atoms with E-state index in [0.29, 0.717) is 27.7 Å². The summed E-state index contributed by atoms with van der Waals surface area (Å²) in [6.45, 7) is 2.13. The summed E-state index contributed by atoms with van der Waals surface area (Å²) < 4.78 is 5.26. The highest BCUT2D eigenvalue weighted by Crippen LogP contribution is 2.25. The molecule has 6 heteroatoms. The van der Waals surface area contributed by atoms with Gasteiger partial charge in [0, 0.05) is 22.2 Å². The maximum Gasteiger partial charge on any atom is 0.343 e. The van der Waals surface area contributed by atoms with Crippen LogP contribution in [-0.4, -0.2) is 11.9 Å². The minimum absolute atomic E-state index is 0.0231. The molecule has 0 saturated heterocycles. The Hall–Kier alpha value is -2.04. The summed E-state index contributed by atoms with van der Waals surface area (Å²) in [7, 11) is 0. The molecule has 2 rings (SSSR count). The molecule has 0 aromatic heterocycles. The van der Waals surface area contributed by atoms with Crippen molar-refractivity contribution in [1.29, 1.82) is 0 Å². The first-order chi connectivity index (χ1) is 12.5. The van der Waals surface area contributed by atoms with Crippen molar-refractivity contribution in [3.05, 3.63) is 58.1 Å². The van der Waals surface area contributed by atoms with E-state index in [1.807, 2.05) is 0 Å². The number of esters is 1. The Labute approximate surface area is 163 Å². The highest BCUT2D eigenvalue weighted by Gasteiger charge is 2.10. The van der Waals surface area contributed by atoms with Crippen LogP contribution in [0.5, 0.6) is 5.75 Å². The van der Waals surface area contributed by atoms with Crippen molar-refractivity contribution in [1.82, 2.24) is 0 Å². The Morgan fingerprint density at radius 3 is 2.23 bits per heavy atom. The summed E-state index contributed by atoms with van der Waals surface area (Å²) in [5.41, 5.74) is 1.01. The van der Waals surface area contributed by atoms with E-state index in [-0.39, 0.29) is 11.7 Å². The predicted molar refractivity (Wildman–Crippen MR) is 105 cm³/mol. The van der Waals surface area contributed by atoms with Crippen LogP contribution in [0.3, 0.4) is 0 Å². The fourth-order valence-electron chi connectivity index (χ4n) is 2.38. The van der Waals surface area contributed by atoms with Crippen LogP contribution < -0.4 is 10.1 Å². The predicted octanol–water partition coefficient (Wildman–Crippen LogP) is 6.12. The molecule has 2 aromatic rings. The molecule has 0 aliphatic rings. The van der Waals surface area contributed by atoms with E-state index >= 15 is 0 Å². The van der Waals surface area contributed by atoms with E-state index in [9.17, 15) is 9.59 Å². The molecule has 1 amide bonds. The number of anilines is 1. The third-order valence-electron chi connectivity index (χ3n) is 3.71. The van der Waals surface area contributed by atoms with Crippen LogP contribution in [0.25, 0.3) is 0 Å². The Bertz CT molecular complexity index is 740. The van der Waals surface area contributed by atoms with E-state index in [1.165, 1.54) is 12.1 Å². The molecule has 0 saturated carbocycles. The van der Waals surface area contributed by atoms with Crippen molar-refractivity contribution in [2.75, 3.05) is 5.32 Å². The summed E-state index contributed by atoms with van der Waals surface area (Å²) in [5, 5.41) is 3.60. The van der Waals surface area contributed by atoms with Crippen molar-refractivity contribution < 1.29 is 14.3 Å². The fraction of sp³-hybridized carbons (Fsp3) is 0.300. The Morgan fingerprint density at radius 2 is 1.62 bits per heavy atom. The minimum Gasteiger partial charge on any atom is -0.423 e. The van der Waals surface area contributed by atoms with E-state index < -0.39 is 5.97 Å². The van der Waals surface area contributed by atoms with Gasteiger partial charge < -0.3 is 10.1 Å². The number of nitrogens with one attached hydrogen (secondary N) is 1. The van der Waals surface area contributed by atoms with Crippen LogP contribution in [0, 0.1) is 0 Å². The topological polar surface area (TPSA) is 55.4 Å². The highest BCUT2D eigenvalue weighted by molar-refractivity contribution is 6.34. The zero-order valence-electron chi connectivity index (χ0n) is 14.6. The van der Waals surface area contributed by atoms with Gasteiger partial charge in [0.25, 0.3) is 0 Å². The number of halogens is 2. The molecule has 0 aliphatic carbocycles. The van der Waals surface area contributed by atoms with Crippen LogP contribution in [0.1, 0.15) is 49.4 Å². The molecule has 1 N–H and O–H groups in total. The molecule has 0 radical (unpaired) electrons. The van der Waals surface area contributed by atoms with Crippen LogP contribution >= 0.6 is 23.2 Å². The second-order valence-corrected chi connectivity index (χ2v) is 6.80. The first-order valence-corrected chi connectivity index (χ1v) is 9.31. The van der Waals surface area contributed by atoms with Gasteiger partial charge in [-0.15, -0.1) is 0 Å². The summed E-state index contributed by atoms with van der Waals surface area (Å²) >= 11 is 11.8. The molecule has 0 bridgehead atoms. The average Bonchev–Trinajstić information content (AvgIpc) is 2.58. The number of ether oxygens (including phenoxy) is 1. The largest absolute Gasteiger partial charge is 0.423 e. The molecule has 26 heavy (non-hydrogen) atoms. The standard InChI is InChI=1S/C20H21Cl2NO3/c1-2-3-4-5-6-19(24)23-17-9-7-14(8-10-17)20(25)26-18-12-15(21)11-16(22)13-18/h7-13H,2-6H2,1H3,(H,23,24). The first kappa shape index (κ1) is 20.3. The monoisotopic (exact) mass is 393 g/mol. The highest BCUT2D eigenvalue weighted by atomic mass is 35.5. The number of hydrogen-bond acceptors (Lipinski definition) is 3. The molecule has 0 unspecified atom stereocenters. The average molecular weight is 394 g/mol. The first-order valence-electron chi connectivity index (χ1n) is 8.56. The molecule has 0 atom stereocenters. The minimum atomic E-state index is -0.527. The molecule has 0 aliphatic heterocycles. The second-order valence-electron chi connectivity index (χ2n) is 5.93. The lowest BCUT2D eigenvalue weighted by atomic mass is 10.1. The Kier molecular flexibility index (Phi) is 7.95. The summed E-state index contributed by atoms with van der Waals surface area (Å²) in [5.74, 6) is -0.275. The number of unbranched alkanes of at least 4 members (excludes halogenated alkanes) is 3. The van der Waals surface area contributed by atoms with E-state index in [1.54, 1.807) is 30.3 Å². The number of carbonyl (C=O) groups is 2. The molecule has 4 nitrogen and oxygen atoms in total. The number of benzene rings is 2. The van der Waals surface area contributed by atoms with E-state index in [4.69, 9.17) is 27.9 Å². The number of amides is 1. The molecule has 138 valence electrons. The van der Waals surface area contributed by atoms with E-state index in [0.717, 1.165) is 25.7 Å². The van der Waals surface area contributed by atoms with Crippen LogP contribution in [0.15, 0.2) is 42.5 Å². The molecule has 0 fully saturated rings. The molecule has 0 heterocycles. The van der Waals surface area contributed by atoms with Gasteiger partial charge in [0.05, 0.1) is 5.56 Å². The third kappa shape index (κ3) is 6.70. The van der Waals surface area contributed by atoms with Crippen molar-refractivity contribution in [2.24, 2.45) is 0 Å². The van der Waals surface area contributed by atoms with Gasteiger partial charge >= 0.3 is 5.97 Å². The third-order valence-corrected chi connectivity index (χ3v) is 4.14. The lowest BCUT2D eigenvalue weighted by molar-refractivity contribution is -0.116. The van der Waals surface area contributed by atoms with Gasteiger partial charge in [-0.25, -0.2) is 4.79 Å². The van der Waals surface area contributed by atoms with Crippen LogP contribution in [0.4, 0.5) is 5.69 Å². The smallest absolute Gasteiger partial charge is 0.343 e. The van der Waals surface area contributed by atoms with Gasteiger partial charge in [-0.3, -0.25) is 4.79 Å². The molecule has 0 spiro atoms. The Balaban J connectivity index is 1.89. The number of rotatable bonds is 8. The maximum atomic E-state index is 12.2. The van der Waals surface area contributed by atoms with Crippen LogP contribution in [-0.2, 0) is 4.79 Å². The SMILES string of the molecule is CCCCCCC(=O)Nc1ccc(C(=O)Oc2cc(Cl)cc(Cl)c2)cc1. The molecular weight excluding hydrogens is 373 g/mol. The lowest BCUT2D eigenvalue weighted by Gasteiger charge is -2.08. The number of hydrogen-bond donors (Lipinski definition) is 1. The van der Waals surface area contributed by atoms with Crippen molar-refractivity contribution in [2.45, 2.75) is 39.0 Å².